The Morgan fingerprint density at radius 3 is 2.42 bits per heavy atom. The van der Waals surface area contributed by atoms with Gasteiger partial charge in [0.05, 0.1) is 24.3 Å². The lowest BCUT2D eigenvalue weighted by atomic mass is 10.0. The molecule has 0 radical (unpaired) electrons. The van der Waals surface area contributed by atoms with Crippen molar-refractivity contribution in [3.8, 4) is 11.5 Å². The molecule has 0 unspecified atom stereocenters. The van der Waals surface area contributed by atoms with Gasteiger partial charge in [-0.05, 0) is 62.1 Å². The van der Waals surface area contributed by atoms with Gasteiger partial charge in [-0.2, -0.15) is 5.10 Å². The first kappa shape index (κ1) is 24.3. The number of hydrogen-bond donors (Lipinski definition) is 1. The molecule has 3 aromatic rings. The van der Waals surface area contributed by atoms with E-state index in [1.54, 1.807) is 12.1 Å². The van der Waals surface area contributed by atoms with Crippen LogP contribution < -0.4 is 14.9 Å². The largest absolute Gasteiger partial charge is 0.490 e. The van der Waals surface area contributed by atoms with E-state index in [0.717, 1.165) is 16.7 Å². The van der Waals surface area contributed by atoms with E-state index in [9.17, 15) is 4.79 Å². The number of carbonyl (C=O) groups is 1. The third-order valence-electron chi connectivity index (χ3n) is 5.09. The standard InChI is InChI=1S/C27H29ClN2O3/c1-5-32-25-14-22(13-24(28)27(25)33-17-21-9-6-18(2)7-10-21)16-29-30-26(31)15-23-11-8-19(3)12-20(23)4/h6-14,16H,5,15,17H2,1-4H3,(H,30,31)/b29-16-. The Morgan fingerprint density at radius 2 is 1.73 bits per heavy atom. The summed E-state index contributed by atoms with van der Waals surface area (Å²) in [6.45, 7) is 8.80. The highest BCUT2D eigenvalue weighted by atomic mass is 35.5. The molecule has 5 nitrogen and oxygen atoms in total. The van der Waals surface area contributed by atoms with Crippen molar-refractivity contribution in [2.45, 2.75) is 40.7 Å². The summed E-state index contributed by atoms with van der Waals surface area (Å²) < 4.78 is 11.7. The molecule has 0 spiro atoms. The van der Waals surface area contributed by atoms with Crippen molar-refractivity contribution in [1.82, 2.24) is 5.43 Å². The summed E-state index contributed by atoms with van der Waals surface area (Å²) in [6.07, 6.45) is 1.80. The van der Waals surface area contributed by atoms with Crippen LogP contribution in [-0.4, -0.2) is 18.7 Å². The molecular weight excluding hydrogens is 436 g/mol. The van der Waals surface area contributed by atoms with E-state index in [-0.39, 0.29) is 12.3 Å². The molecule has 3 aromatic carbocycles. The van der Waals surface area contributed by atoms with E-state index in [0.29, 0.717) is 35.3 Å². The zero-order valence-electron chi connectivity index (χ0n) is 19.4. The number of ether oxygens (including phenoxy) is 2. The van der Waals surface area contributed by atoms with Gasteiger partial charge in [0, 0.05) is 0 Å². The fourth-order valence-electron chi connectivity index (χ4n) is 3.34. The Bertz CT molecular complexity index is 1140. The van der Waals surface area contributed by atoms with Crippen molar-refractivity contribution < 1.29 is 14.3 Å². The minimum absolute atomic E-state index is 0.188. The molecule has 1 N–H and O–H groups in total. The predicted molar refractivity (Wildman–Crippen MR) is 133 cm³/mol. The van der Waals surface area contributed by atoms with E-state index >= 15 is 0 Å². The highest BCUT2D eigenvalue weighted by Crippen LogP contribution is 2.37. The second-order valence-electron chi connectivity index (χ2n) is 7.94. The number of halogens is 1. The molecule has 0 heterocycles. The number of amides is 1. The molecule has 0 saturated carbocycles. The molecular formula is C27H29ClN2O3. The number of carbonyl (C=O) groups excluding carboxylic acids is 1. The minimum atomic E-state index is -0.188. The van der Waals surface area contributed by atoms with Gasteiger partial charge in [-0.1, -0.05) is 65.2 Å². The summed E-state index contributed by atoms with van der Waals surface area (Å²) in [5, 5.41) is 4.49. The Labute approximate surface area is 200 Å². The van der Waals surface area contributed by atoms with Crippen LogP contribution >= 0.6 is 11.6 Å². The molecule has 0 aliphatic heterocycles. The zero-order valence-corrected chi connectivity index (χ0v) is 20.2. The van der Waals surface area contributed by atoms with Crippen LogP contribution in [0, 0.1) is 20.8 Å². The number of aryl methyl sites for hydroxylation is 3. The summed E-state index contributed by atoms with van der Waals surface area (Å²) in [7, 11) is 0. The number of hydrazone groups is 1. The van der Waals surface area contributed by atoms with Crippen molar-refractivity contribution >= 4 is 23.7 Å². The van der Waals surface area contributed by atoms with E-state index in [1.165, 1.54) is 17.3 Å². The smallest absolute Gasteiger partial charge is 0.244 e. The first-order valence-electron chi connectivity index (χ1n) is 10.9. The first-order valence-corrected chi connectivity index (χ1v) is 11.3. The topological polar surface area (TPSA) is 59.9 Å². The van der Waals surface area contributed by atoms with Gasteiger partial charge in [0.2, 0.25) is 5.91 Å². The number of hydrogen-bond acceptors (Lipinski definition) is 4. The van der Waals surface area contributed by atoms with Crippen LogP contribution in [0.1, 0.15) is 40.3 Å². The average Bonchev–Trinajstić information content (AvgIpc) is 2.76. The van der Waals surface area contributed by atoms with E-state index < -0.39 is 0 Å². The fourth-order valence-corrected chi connectivity index (χ4v) is 3.61. The number of nitrogens with zero attached hydrogens (tertiary/aromatic N) is 1. The molecule has 0 bridgehead atoms. The Kier molecular flexibility index (Phi) is 8.50. The van der Waals surface area contributed by atoms with Crippen LogP contribution in [-0.2, 0) is 17.8 Å². The van der Waals surface area contributed by atoms with Gasteiger partial charge in [-0.25, -0.2) is 5.43 Å². The van der Waals surface area contributed by atoms with Crippen molar-refractivity contribution in [3.05, 3.63) is 93.0 Å². The molecule has 6 heteroatoms. The van der Waals surface area contributed by atoms with Gasteiger partial charge in [-0.3, -0.25) is 4.79 Å². The van der Waals surface area contributed by atoms with E-state index in [4.69, 9.17) is 21.1 Å². The predicted octanol–water partition coefficient (Wildman–Crippen LogP) is 5.94. The van der Waals surface area contributed by atoms with Crippen molar-refractivity contribution in [1.29, 1.82) is 0 Å². The minimum Gasteiger partial charge on any atom is -0.490 e. The van der Waals surface area contributed by atoms with Gasteiger partial charge in [-0.15, -0.1) is 0 Å². The molecule has 3 rings (SSSR count). The zero-order chi connectivity index (χ0) is 23.8. The first-order chi connectivity index (χ1) is 15.9. The van der Waals surface area contributed by atoms with Crippen molar-refractivity contribution in [2.24, 2.45) is 5.10 Å². The van der Waals surface area contributed by atoms with Gasteiger partial charge < -0.3 is 9.47 Å². The normalized spacial score (nSPS) is 10.9. The van der Waals surface area contributed by atoms with Gasteiger partial charge >= 0.3 is 0 Å². The van der Waals surface area contributed by atoms with E-state index in [2.05, 4.69) is 16.6 Å². The Balaban J connectivity index is 1.66. The van der Waals surface area contributed by atoms with Crippen LogP contribution in [0.2, 0.25) is 5.02 Å². The summed E-state index contributed by atoms with van der Waals surface area (Å²) in [5.74, 6) is 0.822. The summed E-state index contributed by atoms with van der Waals surface area (Å²) in [5.41, 5.74) is 8.73. The lowest BCUT2D eigenvalue weighted by Gasteiger charge is -2.14. The average molecular weight is 465 g/mol. The lowest BCUT2D eigenvalue weighted by molar-refractivity contribution is -0.120. The Morgan fingerprint density at radius 1 is 1.00 bits per heavy atom. The number of nitrogens with one attached hydrogen (secondary N) is 1. The second-order valence-corrected chi connectivity index (χ2v) is 8.34. The number of benzene rings is 3. The Hall–Kier alpha value is -3.31. The van der Waals surface area contributed by atoms with Crippen LogP contribution in [0.25, 0.3) is 0 Å². The molecule has 0 saturated heterocycles. The SMILES string of the molecule is CCOc1cc(/C=N\NC(=O)Cc2ccc(C)cc2C)cc(Cl)c1OCc1ccc(C)cc1. The van der Waals surface area contributed by atoms with Crippen molar-refractivity contribution in [2.75, 3.05) is 6.61 Å². The fraction of sp³-hybridized carbons (Fsp3) is 0.259. The quantitative estimate of drug-likeness (QED) is 0.315. The highest BCUT2D eigenvalue weighted by Gasteiger charge is 2.13. The van der Waals surface area contributed by atoms with Crippen LogP contribution in [0.15, 0.2) is 59.7 Å². The molecule has 0 aliphatic rings. The molecule has 0 fully saturated rings. The van der Waals surface area contributed by atoms with Crippen molar-refractivity contribution in [3.63, 3.8) is 0 Å². The summed E-state index contributed by atoms with van der Waals surface area (Å²) >= 11 is 6.49. The monoisotopic (exact) mass is 464 g/mol. The maximum atomic E-state index is 12.3. The molecule has 0 atom stereocenters. The summed E-state index contributed by atoms with van der Waals surface area (Å²) in [6, 6.07) is 17.7. The molecule has 0 aliphatic carbocycles. The molecule has 172 valence electrons. The summed E-state index contributed by atoms with van der Waals surface area (Å²) in [4.78, 5) is 12.3. The molecule has 1 amide bonds. The van der Waals surface area contributed by atoms with Crippen LogP contribution in [0.5, 0.6) is 11.5 Å². The van der Waals surface area contributed by atoms with Crippen LogP contribution in [0.3, 0.4) is 0 Å². The van der Waals surface area contributed by atoms with Gasteiger partial charge in [0.25, 0.3) is 0 Å². The molecule has 0 aromatic heterocycles. The third kappa shape index (κ3) is 7.09. The van der Waals surface area contributed by atoms with Gasteiger partial charge in [0.1, 0.15) is 6.61 Å². The maximum Gasteiger partial charge on any atom is 0.244 e. The lowest BCUT2D eigenvalue weighted by Crippen LogP contribution is -2.20. The highest BCUT2D eigenvalue weighted by molar-refractivity contribution is 6.32. The van der Waals surface area contributed by atoms with Crippen LogP contribution in [0.4, 0.5) is 0 Å². The van der Waals surface area contributed by atoms with E-state index in [1.807, 2.05) is 64.1 Å². The number of rotatable bonds is 9. The second kappa shape index (κ2) is 11.5. The van der Waals surface area contributed by atoms with Gasteiger partial charge in [0.15, 0.2) is 11.5 Å². The third-order valence-corrected chi connectivity index (χ3v) is 5.37. The molecule has 33 heavy (non-hydrogen) atoms. The maximum absolute atomic E-state index is 12.3.